The average molecular weight is 251 g/mol. The van der Waals surface area contributed by atoms with E-state index in [4.69, 9.17) is 4.74 Å². The van der Waals surface area contributed by atoms with Gasteiger partial charge in [0.1, 0.15) is 5.82 Å². The summed E-state index contributed by atoms with van der Waals surface area (Å²) in [6.45, 7) is 6.98. The summed E-state index contributed by atoms with van der Waals surface area (Å²) >= 11 is 0. The Balaban J connectivity index is 2.01. The molecule has 1 atom stereocenters. The topological polar surface area (TPSA) is 67.0 Å². The van der Waals surface area contributed by atoms with Crippen molar-refractivity contribution in [1.29, 1.82) is 0 Å². The molecule has 100 valence electrons. The predicted molar refractivity (Wildman–Crippen MR) is 69.4 cm³/mol. The molecule has 1 aliphatic heterocycles. The molecule has 0 saturated heterocycles. The van der Waals surface area contributed by atoms with Crippen LogP contribution in [-0.2, 0) is 24.3 Å². The van der Waals surface area contributed by atoms with Crippen molar-refractivity contribution in [2.24, 2.45) is 5.92 Å². The Morgan fingerprint density at radius 2 is 2.39 bits per heavy atom. The molecule has 1 aromatic heterocycles. The number of hydrogen-bond donors (Lipinski definition) is 2. The first kappa shape index (κ1) is 13.2. The van der Waals surface area contributed by atoms with Crippen LogP contribution in [-0.4, -0.2) is 23.1 Å². The smallest absolute Gasteiger partial charge is 0.256 e. The van der Waals surface area contributed by atoms with Gasteiger partial charge in [0.05, 0.1) is 31.0 Å². The van der Waals surface area contributed by atoms with Crippen LogP contribution >= 0.6 is 0 Å². The Hall–Kier alpha value is -1.20. The van der Waals surface area contributed by atoms with Crippen molar-refractivity contribution in [3.8, 4) is 0 Å². The molecule has 2 N–H and O–H groups in total. The highest BCUT2D eigenvalue weighted by molar-refractivity contribution is 5.19. The summed E-state index contributed by atoms with van der Waals surface area (Å²) in [6.07, 6.45) is 1.89. The maximum absolute atomic E-state index is 11.8. The number of hydrogen-bond acceptors (Lipinski definition) is 4. The Bertz CT molecular complexity index is 456. The quantitative estimate of drug-likeness (QED) is 0.818. The van der Waals surface area contributed by atoms with E-state index in [1.165, 1.54) is 0 Å². The minimum Gasteiger partial charge on any atom is -0.376 e. The third-order valence-corrected chi connectivity index (χ3v) is 3.36. The second-order valence-electron chi connectivity index (χ2n) is 4.88. The van der Waals surface area contributed by atoms with Crippen molar-refractivity contribution in [1.82, 2.24) is 15.3 Å². The lowest BCUT2D eigenvalue weighted by molar-refractivity contribution is 0.107. The van der Waals surface area contributed by atoms with Crippen LogP contribution in [0.15, 0.2) is 4.79 Å². The average Bonchev–Trinajstić information content (AvgIpc) is 2.38. The van der Waals surface area contributed by atoms with E-state index in [-0.39, 0.29) is 5.56 Å². The SMILES string of the molecule is CCC(C)CNCc1nc2c(c(=O)[nH]1)COCC2. The second-order valence-corrected chi connectivity index (χ2v) is 4.88. The lowest BCUT2D eigenvalue weighted by Gasteiger charge is -2.16. The van der Waals surface area contributed by atoms with Crippen molar-refractivity contribution in [2.75, 3.05) is 13.2 Å². The lowest BCUT2D eigenvalue weighted by Crippen LogP contribution is -2.28. The fraction of sp³-hybridized carbons (Fsp3) is 0.692. The predicted octanol–water partition coefficient (Wildman–Crippen LogP) is 0.978. The van der Waals surface area contributed by atoms with Crippen molar-refractivity contribution >= 4 is 0 Å². The molecular weight excluding hydrogens is 230 g/mol. The Labute approximate surface area is 107 Å². The van der Waals surface area contributed by atoms with Gasteiger partial charge in [-0.2, -0.15) is 0 Å². The van der Waals surface area contributed by atoms with Gasteiger partial charge >= 0.3 is 0 Å². The van der Waals surface area contributed by atoms with Crippen LogP contribution in [0.2, 0.25) is 0 Å². The van der Waals surface area contributed by atoms with E-state index in [0.29, 0.717) is 31.2 Å². The summed E-state index contributed by atoms with van der Waals surface area (Å²) in [5.74, 6) is 1.37. The van der Waals surface area contributed by atoms with E-state index < -0.39 is 0 Å². The third kappa shape index (κ3) is 3.17. The van der Waals surface area contributed by atoms with Gasteiger partial charge in [-0.15, -0.1) is 0 Å². The van der Waals surface area contributed by atoms with Gasteiger partial charge in [-0.25, -0.2) is 4.98 Å². The van der Waals surface area contributed by atoms with E-state index in [1.807, 2.05) is 0 Å². The summed E-state index contributed by atoms with van der Waals surface area (Å²) in [5.41, 5.74) is 1.53. The van der Waals surface area contributed by atoms with Crippen molar-refractivity contribution < 1.29 is 4.74 Å². The monoisotopic (exact) mass is 251 g/mol. The van der Waals surface area contributed by atoms with Crippen LogP contribution in [0.4, 0.5) is 0 Å². The van der Waals surface area contributed by atoms with Gasteiger partial charge in [0, 0.05) is 6.42 Å². The standard InChI is InChI=1S/C13H21N3O2/c1-3-9(2)6-14-7-12-15-11-4-5-18-8-10(11)13(17)16-12/h9,14H,3-8H2,1-2H3,(H,15,16,17). The van der Waals surface area contributed by atoms with Gasteiger partial charge in [0.2, 0.25) is 0 Å². The molecule has 0 saturated carbocycles. The molecule has 0 bridgehead atoms. The van der Waals surface area contributed by atoms with Crippen molar-refractivity contribution in [3.63, 3.8) is 0 Å². The molecule has 0 spiro atoms. The molecule has 1 unspecified atom stereocenters. The molecule has 0 radical (unpaired) electrons. The molecule has 1 aliphatic rings. The van der Waals surface area contributed by atoms with Gasteiger partial charge in [0.15, 0.2) is 0 Å². The summed E-state index contributed by atoms with van der Waals surface area (Å²) in [4.78, 5) is 19.2. The van der Waals surface area contributed by atoms with Crippen LogP contribution in [0.25, 0.3) is 0 Å². The molecule has 2 rings (SSSR count). The first-order chi connectivity index (χ1) is 8.70. The van der Waals surface area contributed by atoms with Crippen LogP contribution in [0.3, 0.4) is 0 Å². The van der Waals surface area contributed by atoms with Gasteiger partial charge in [0.25, 0.3) is 5.56 Å². The highest BCUT2D eigenvalue weighted by Gasteiger charge is 2.15. The third-order valence-electron chi connectivity index (χ3n) is 3.36. The van der Waals surface area contributed by atoms with Gasteiger partial charge in [-0.1, -0.05) is 20.3 Å². The summed E-state index contributed by atoms with van der Waals surface area (Å²) in [6, 6.07) is 0. The molecule has 0 aliphatic carbocycles. The Morgan fingerprint density at radius 1 is 1.56 bits per heavy atom. The molecule has 5 nitrogen and oxygen atoms in total. The highest BCUT2D eigenvalue weighted by atomic mass is 16.5. The van der Waals surface area contributed by atoms with E-state index in [1.54, 1.807) is 0 Å². The summed E-state index contributed by atoms with van der Waals surface area (Å²) < 4.78 is 5.27. The van der Waals surface area contributed by atoms with Gasteiger partial charge in [-0.3, -0.25) is 4.79 Å². The fourth-order valence-electron chi connectivity index (χ4n) is 1.96. The zero-order valence-electron chi connectivity index (χ0n) is 11.1. The van der Waals surface area contributed by atoms with E-state index in [2.05, 4.69) is 29.1 Å². The van der Waals surface area contributed by atoms with E-state index in [0.717, 1.165) is 30.9 Å². The number of H-pyrrole nitrogens is 1. The van der Waals surface area contributed by atoms with E-state index in [9.17, 15) is 4.79 Å². The van der Waals surface area contributed by atoms with Crippen molar-refractivity contribution in [3.05, 3.63) is 27.4 Å². The first-order valence-electron chi connectivity index (χ1n) is 6.60. The second kappa shape index (κ2) is 6.11. The minimum absolute atomic E-state index is 0.0555. The Morgan fingerprint density at radius 3 is 3.17 bits per heavy atom. The molecule has 0 amide bonds. The number of ether oxygens (including phenoxy) is 1. The molecule has 0 aromatic carbocycles. The summed E-state index contributed by atoms with van der Waals surface area (Å²) in [7, 11) is 0. The molecule has 2 heterocycles. The Kier molecular flexibility index (Phi) is 4.49. The van der Waals surface area contributed by atoms with Crippen LogP contribution < -0.4 is 10.9 Å². The first-order valence-corrected chi connectivity index (χ1v) is 6.60. The number of aromatic nitrogens is 2. The number of rotatable bonds is 5. The van der Waals surface area contributed by atoms with E-state index >= 15 is 0 Å². The molecule has 5 heteroatoms. The zero-order chi connectivity index (χ0) is 13.0. The van der Waals surface area contributed by atoms with Crippen LogP contribution in [0.5, 0.6) is 0 Å². The fourth-order valence-corrected chi connectivity index (χ4v) is 1.96. The summed E-state index contributed by atoms with van der Waals surface area (Å²) in [5, 5.41) is 3.32. The maximum Gasteiger partial charge on any atom is 0.256 e. The normalized spacial score (nSPS) is 16.3. The number of fused-ring (bicyclic) bond motifs is 1. The van der Waals surface area contributed by atoms with Crippen LogP contribution in [0, 0.1) is 5.92 Å². The zero-order valence-corrected chi connectivity index (χ0v) is 11.1. The molecule has 1 aromatic rings. The molecular formula is C13H21N3O2. The minimum atomic E-state index is -0.0555. The van der Waals surface area contributed by atoms with Crippen LogP contribution in [0.1, 0.15) is 37.4 Å². The molecule has 18 heavy (non-hydrogen) atoms. The lowest BCUT2D eigenvalue weighted by atomic mass is 10.1. The molecule has 0 fully saturated rings. The van der Waals surface area contributed by atoms with Gasteiger partial charge in [-0.05, 0) is 12.5 Å². The number of aromatic amines is 1. The maximum atomic E-state index is 11.8. The largest absolute Gasteiger partial charge is 0.376 e. The number of nitrogens with zero attached hydrogens (tertiary/aromatic N) is 1. The highest BCUT2D eigenvalue weighted by Crippen LogP contribution is 2.09. The number of nitrogens with one attached hydrogen (secondary N) is 2. The van der Waals surface area contributed by atoms with Crippen molar-refractivity contribution in [2.45, 2.75) is 39.8 Å². The van der Waals surface area contributed by atoms with Gasteiger partial charge < -0.3 is 15.0 Å².